The fourth-order valence-electron chi connectivity index (χ4n) is 10.9. The molecule has 3 aromatic heterocycles. The van der Waals surface area contributed by atoms with Crippen LogP contribution < -0.4 is 0 Å². The highest BCUT2D eigenvalue weighted by molar-refractivity contribution is 6.29. The van der Waals surface area contributed by atoms with Gasteiger partial charge in [0.25, 0.3) is 0 Å². The van der Waals surface area contributed by atoms with Crippen molar-refractivity contribution in [3.8, 4) is 39.3 Å². The van der Waals surface area contributed by atoms with E-state index in [0.717, 1.165) is 5.69 Å². The molecule has 282 valence electrons. The lowest BCUT2D eigenvalue weighted by Crippen LogP contribution is -2.14. The molecule has 12 aromatic rings. The summed E-state index contributed by atoms with van der Waals surface area (Å²) in [4.78, 5) is 0. The maximum Gasteiger partial charge on any atom is 0.0549 e. The molecular weight excluding hydrogens is 727 g/mol. The Hall–Kier alpha value is -7.62. The summed E-state index contributed by atoms with van der Waals surface area (Å²) in [5.41, 5.74) is 18.6. The molecule has 0 N–H and O–H groups in total. The van der Waals surface area contributed by atoms with Crippen molar-refractivity contribution in [1.29, 1.82) is 0 Å². The van der Waals surface area contributed by atoms with Gasteiger partial charge in [0.1, 0.15) is 0 Å². The van der Waals surface area contributed by atoms with Gasteiger partial charge in [-0.2, -0.15) is 0 Å². The fourth-order valence-corrected chi connectivity index (χ4v) is 10.9. The highest BCUT2D eigenvalue weighted by Gasteiger charge is 2.37. The summed E-state index contributed by atoms with van der Waals surface area (Å²) < 4.78 is 7.41. The van der Waals surface area contributed by atoms with Gasteiger partial charge in [-0.3, -0.25) is 0 Å². The van der Waals surface area contributed by atoms with Crippen molar-refractivity contribution in [2.75, 3.05) is 0 Å². The Balaban J connectivity index is 1.05. The average molecular weight is 766 g/mol. The van der Waals surface area contributed by atoms with E-state index in [1.807, 2.05) is 0 Å². The third-order valence-electron chi connectivity index (χ3n) is 13.4. The monoisotopic (exact) mass is 765 g/mol. The first kappa shape index (κ1) is 33.4. The summed E-state index contributed by atoms with van der Waals surface area (Å²) in [7, 11) is 0. The van der Waals surface area contributed by atoms with Crippen LogP contribution in [-0.4, -0.2) is 13.7 Å². The molecule has 0 unspecified atom stereocenters. The van der Waals surface area contributed by atoms with Crippen LogP contribution in [-0.2, 0) is 5.41 Å². The molecule has 60 heavy (non-hydrogen) atoms. The molecule has 1 aliphatic carbocycles. The van der Waals surface area contributed by atoms with Gasteiger partial charge >= 0.3 is 0 Å². The van der Waals surface area contributed by atoms with Gasteiger partial charge in [-0.25, -0.2) is 0 Å². The van der Waals surface area contributed by atoms with Crippen molar-refractivity contribution in [3.63, 3.8) is 0 Å². The van der Waals surface area contributed by atoms with Crippen LogP contribution in [0.15, 0.2) is 200 Å². The summed E-state index contributed by atoms with van der Waals surface area (Å²) in [6, 6.07) is 74.0. The van der Waals surface area contributed by atoms with Crippen LogP contribution in [0.5, 0.6) is 0 Å². The van der Waals surface area contributed by atoms with Crippen LogP contribution in [0.2, 0.25) is 0 Å². The number of para-hydroxylation sites is 5. The molecule has 0 amide bonds. The minimum atomic E-state index is -0.0743. The Morgan fingerprint density at radius 1 is 0.333 bits per heavy atom. The molecule has 1 aliphatic rings. The van der Waals surface area contributed by atoms with Crippen LogP contribution in [0.1, 0.15) is 25.0 Å². The summed E-state index contributed by atoms with van der Waals surface area (Å²) in [5.74, 6) is 0. The predicted molar refractivity (Wildman–Crippen MR) is 252 cm³/mol. The van der Waals surface area contributed by atoms with E-state index in [-0.39, 0.29) is 5.41 Å². The van der Waals surface area contributed by atoms with Gasteiger partial charge < -0.3 is 13.7 Å². The molecule has 0 radical (unpaired) electrons. The second kappa shape index (κ2) is 12.2. The van der Waals surface area contributed by atoms with Crippen LogP contribution in [0.25, 0.3) is 105 Å². The lowest BCUT2D eigenvalue weighted by Gasteiger charge is -2.22. The lowest BCUT2D eigenvalue weighted by atomic mass is 9.82. The molecule has 13 rings (SSSR count). The fraction of sp³-hybridized carbons (Fsp3) is 0.0526. The second-order valence-electron chi connectivity index (χ2n) is 16.9. The summed E-state index contributed by atoms with van der Waals surface area (Å²) in [6.07, 6.45) is 0. The minimum Gasteiger partial charge on any atom is -0.309 e. The molecule has 0 atom stereocenters. The number of hydrogen-bond acceptors (Lipinski definition) is 0. The Bertz CT molecular complexity index is 3740. The molecular formula is C57H39N3. The second-order valence-corrected chi connectivity index (χ2v) is 16.9. The Labute approximate surface area is 347 Å². The van der Waals surface area contributed by atoms with Gasteiger partial charge in [-0.15, -0.1) is 0 Å². The molecule has 0 spiro atoms. The van der Waals surface area contributed by atoms with E-state index >= 15 is 0 Å². The van der Waals surface area contributed by atoms with Gasteiger partial charge in [0.2, 0.25) is 0 Å². The molecule has 0 saturated carbocycles. The van der Waals surface area contributed by atoms with E-state index in [4.69, 9.17) is 0 Å². The van der Waals surface area contributed by atoms with E-state index in [9.17, 15) is 0 Å². The zero-order chi connectivity index (χ0) is 39.7. The maximum absolute atomic E-state index is 2.50. The van der Waals surface area contributed by atoms with Gasteiger partial charge in [-0.1, -0.05) is 147 Å². The first-order chi connectivity index (χ1) is 29.6. The van der Waals surface area contributed by atoms with Crippen molar-refractivity contribution in [2.45, 2.75) is 19.3 Å². The van der Waals surface area contributed by atoms with E-state index in [1.54, 1.807) is 0 Å². The summed E-state index contributed by atoms with van der Waals surface area (Å²) in [5, 5.41) is 7.58. The van der Waals surface area contributed by atoms with Crippen LogP contribution in [0.3, 0.4) is 0 Å². The molecule has 3 nitrogen and oxygen atoms in total. The Morgan fingerprint density at radius 2 is 0.833 bits per heavy atom. The van der Waals surface area contributed by atoms with Crippen molar-refractivity contribution in [3.05, 3.63) is 211 Å². The highest BCUT2D eigenvalue weighted by atomic mass is 15.0. The first-order valence-corrected chi connectivity index (χ1v) is 21.0. The van der Waals surface area contributed by atoms with Crippen molar-refractivity contribution in [1.82, 2.24) is 13.7 Å². The number of aromatic nitrogens is 3. The number of rotatable bonds is 4. The van der Waals surface area contributed by atoms with Gasteiger partial charge in [0, 0.05) is 54.5 Å². The predicted octanol–water partition coefficient (Wildman–Crippen LogP) is 15.0. The Kier molecular flexibility index (Phi) is 6.78. The standard InChI is InChI=1S/C57H39N3/c1-57(2)44-24-11-6-21-40(44)54-45(57)25-16-30-51(54)60-47-27-13-8-20-39(47)43-35-36(31-32-50(43)60)38-19-7-12-26-46(38)59-49-29-15-10-23-42(49)56-53(59)34-33-52-55(56)41-22-9-14-28-48(41)58(52)37-17-4-3-5-18-37/h3-35H,1-2H3. The van der Waals surface area contributed by atoms with Crippen molar-refractivity contribution >= 4 is 65.4 Å². The quantitative estimate of drug-likeness (QED) is 0.169. The lowest BCUT2D eigenvalue weighted by molar-refractivity contribution is 0.660. The van der Waals surface area contributed by atoms with Crippen molar-refractivity contribution < 1.29 is 0 Å². The number of fused-ring (bicyclic) bond motifs is 13. The van der Waals surface area contributed by atoms with Gasteiger partial charge in [0.05, 0.1) is 44.5 Å². The minimum absolute atomic E-state index is 0.0743. The van der Waals surface area contributed by atoms with Crippen molar-refractivity contribution in [2.24, 2.45) is 0 Å². The molecule has 3 heterocycles. The van der Waals surface area contributed by atoms with E-state index in [1.165, 1.54) is 110 Å². The van der Waals surface area contributed by atoms with Crippen LogP contribution >= 0.6 is 0 Å². The highest BCUT2D eigenvalue weighted by Crippen LogP contribution is 2.52. The van der Waals surface area contributed by atoms with E-state index < -0.39 is 0 Å². The normalized spacial score (nSPS) is 13.3. The topological polar surface area (TPSA) is 14.8 Å². The van der Waals surface area contributed by atoms with Crippen LogP contribution in [0, 0.1) is 0 Å². The SMILES string of the molecule is CC1(C)c2ccccc2-c2c(-n3c4ccccc4c4cc(-c5ccccc5-n5c6ccccc6c6c7c8ccccc8n(-c8ccccc8)c7ccc65)ccc43)cccc21. The average Bonchev–Trinajstić information content (AvgIpc) is 4.00. The maximum atomic E-state index is 2.50. The number of benzene rings is 9. The van der Waals surface area contributed by atoms with E-state index in [0.29, 0.717) is 0 Å². The number of nitrogens with zero attached hydrogens (tertiary/aromatic N) is 3. The zero-order valence-electron chi connectivity index (χ0n) is 33.4. The summed E-state index contributed by atoms with van der Waals surface area (Å²) in [6.45, 7) is 4.72. The zero-order valence-corrected chi connectivity index (χ0v) is 33.4. The number of hydrogen-bond donors (Lipinski definition) is 0. The molecule has 0 saturated heterocycles. The molecule has 0 bridgehead atoms. The van der Waals surface area contributed by atoms with Gasteiger partial charge in [0.15, 0.2) is 0 Å². The third-order valence-corrected chi connectivity index (χ3v) is 13.4. The Morgan fingerprint density at radius 3 is 1.58 bits per heavy atom. The van der Waals surface area contributed by atoms with Gasteiger partial charge in [-0.05, 0) is 89.0 Å². The molecule has 0 fully saturated rings. The summed E-state index contributed by atoms with van der Waals surface area (Å²) >= 11 is 0. The molecule has 3 heteroatoms. The van der Waals surface area contributed by atoms with E-state index in [2.05, 4.69) is 228 Å². The smallest absolute Gasteiger partial charge is 0.0549 e. The molecule has 9 aromatic carbocycles. The van der Waals surface area contributed by atoms with Crippen LogP contribution in [0.4, 0.5) is 0 Å². The molecule has 0 aliphatic heterocycles. The first-order valence-electron chi connectivity index (χ1n) is 21.0. The largest absolute Gasteiger partial charge is 0.309 e. The third kappa shape index (κ3) is 4.38.